The van der Waals surface area contributed by atoms with E-state index >= 15 is 0 Å². The number of nitrogens with two attached hydrogens (primary N) is 5. The molecule has 0 heterocycles. The van der Waals surface area contributed by atoms with Crippen LogP contribution in [-0.2, 0) is 35.2 Å². The van der Waals surface area contributed by atoms with Gasteiger partial charge in [0.25, 0.3) is 23.6 Å². The Hall–Kier alpha value is -10.2. The second-order valence-electron chi connectivity index (χ2n) is 21.5. The van der Waals surface area contributed by atoms with Crippen LogP contribution in [0.15, 0.2) is 103 Å². The molecular weight excluding hydrogens is 1200 g/mol. The minimum atomic E-state index is -1.37. The lowest BCUT2D eigenvalue weighted by Crippen LogP contribution is -2.45. The van der Waals surface area contributed by atoms with E-state index in [4.69, 9.17) is 47.6 Å². The Bertz CT molecular complexity index is 3390. The summed E-state index contributed by atoms with van der Waals surface area (Å²) in [6, 6.07) is 21.0. The van der Waals surface area contributed by atoms with Crippen molar-refractivity contribution < 1.29 is 72.0 Å². The molecule has 500 valence electrons. The fourth-order valence-corrected chi connectivity index (χ4v) is 9.65. The van der Waals surface area contributed by atoms with Crippen LogP contribution in [0.5, 0.6) is 23.0 Å². The van der Waals surface area contributed by atoms with Gasteiger partial charge in [-0.15, -0.1) is 0 Å². The van der Waals surface area contributed by atoms with E-state index in [-0.39, 0.29) is 113 Å². The Morgan fingerprint density at radius 2 is 0.720 bits per heavy atom. The van der Waals surface area contributed by atoms with Crippen molar-refractivity contribution in [3.05, 3.63) is 131 Å². The first kappa shape index (κ1) is 73.6. The number of benzene rings is 5. The molecule has 0 aliphatic rings. The number of methoxy groups -OCH3 is 3. The Labute approximate surface area is 538 Å². The number of primary amides is 1. The molecule has 5 aromatic rings. The zero-order valence-corrected chi connectivity index (χ0v) is 52.4. The van der Waals surface area contributed by atoms with Gasteiger partial charge in [0.15, 0.2) is 6.61 Å². The first-order valence-electron chi connectivity index (χ1n) is 30.4. The maximum Gasteiger partial charge on any atom is 0.341 e. The number of carboxylic acids is 1. The number of unbranched alkanes of at least 4 members (excludes halogenated alkanes) is 4. The van der Waals surface area contributed by atoms with Crippen LogP contribution in [0.4, 0.5) is 22.7 Å². The lowest BCUT2D eigenvalue weighted by atomic mass is 10.0. The highest BCUT2D eigenvalue weighted by molar-refractivity contribution is 6.08. The Morgan fingerprint density at radius 1 is 0.409 bits per heavy atom. The predicted octanol–water partition coefficient (Wildman–Crippen LogP) is 3.67. The summed E-state index contributed by atoms with van der Waals surface area (Å²) in [5.41, 5.74) is 29.4. The second kappa shape index (κ2) is 38.5. The van der Waals surface area contributed by atoms with Gasteiger partial charge < -0.3 is 95.3 Å². The average Bonchev–Trinajstić information content (AvgIpc) is 0.978. The van der Waals surface area contributed by atoms with Crippen LogP contribution in [0.1, 0.15) is 124 Å². The molecule has 0 spiro atoms. The van der Waals surface area contributed by atoms with Crippen LogP contribution in [-0.4, -0.2) is 143 Å². The van der Waals surface area contributed by atoms with Crippen LogP contribution >= 0.6 is 0 Å². The zero-order valence-electron chi connectivity index (χ0n) is 52.4. The van der Waals surface area contributed by atoms with Gasteiger partial charge in [0.05, 0.1) is 50.0 Å². The SMILES string of the molecule is COc1ccc(NC(=O)[C@H](CCCCN)NC(=O)c2cc(NC(=O)[C@H](CCCCN)NC(=O)c3cc(NC(=O)[C@H](CCCCN)NC(=O)c4cc(NC(=O)[C@H](CCCCN)NC(=O)Cc5ccccc5)ccc4OC)ccc3OC)ccc2OCC(=O)O)cc1C(N)=O. The summed E-state index contributed by atoms with van der Waals surface area (Å²) in [5, 5.41) is 31.4. The summed E-state index contributed by atoms with van der Waals surface area (Å²) in [6.45, 7) is 0.361. The number of ether oxygens (including phenoxy) is 4. The van der Waals surface area contributed by atoms with Gasteiger partial charge in [-0.1, -0.05) is 30.3 Å². The van der Waals surface area contributed by atoms with Gasteiger partial charge in [-0.2, -0.15) is 0 Å². The summed E-state index contributed by atoms with van der Waals surface area (Å²) < 4.78 is 21.7. The molecule has 0 aliphatic heterocycles. The molecule has 0 bridgehead atoms. The van der Waals surface area contributed by atoms with Crippen LogP contribution < -0.4 is 90.2 Å². The summed E-state index contributed by atoms with van der Waals surface area (Å²) in [4.78, 5) is 136. The van der Waals surface area contributed by atoms with E-state index in [0.717, 1.165) is 5.56 Å². The first-order valence-corrected chi connectivity index (χ1v) is 30.4. The van der Waals surface area contributed by atoms with Gasteiger partial charge in [0, 0.05) is 22.7 Å². The molecule has 9 amide bonds. The topological polar surface area (TPSA) is 454 Å². The molecular formula is C65H85N13O15. The van der Waals surface area contributed by atoms with Gasteiger partial charge in [0.1, 0.15) is 47.2 Å². The molecule has 0 fully saturated rings. The van der Waals surface area contributed by atoms with Crippen LogP contribution in [0.25, 0.3) is 0 Å². The van der Waals surface area contributed by atoms with E-state index in [1.165, 1.54) is 94.1 Å². The monoisotopic (exact) mass is 1290 g/mol. The number of carbonyl (C=O) groups is 10. The van der Waals surface area contributed by atoms with Crippen molar-refractivity contribution >= 4 is 81.9 Å². The maximum atomic E-state index is 14.4. The van der Waals surface area contributed by atoms with Crippen LogP contribution in [0, 0.1) is 0 Å². The average molecular weight is 1290 g/mol. The summed E-state index contributed by atoms with van der Waals surface area (Å²) in [5.74, 6) is -7.55. The lowest BCUT2D eigenvalue weighted by molar-refractivity contribution is -0.139. The Balaban J connectivity index is 1.36. The normalized spacial score (nSPS) is 12.1. The van der Waals surface area contributed by atoms with Crippen molar-refractivity contribution in [2.75, 3.05) is 75.4 Å². The zero-order chi connectivity index (χ0) is 67.8. The molecule has 0 saturated heterocycles. The molecule has 28 heteroatoms. The molecule has 28 nitrogen and oxygen atoms in total. The van der Waals surface area contributed by atoms with E-state index in [2.05, 4.69) is 42.5 Å². The molecule has 93 heavy (non-hydrogen) atoms. The molecule has 0 aromatic heterocycles. The minimum absolute atomic E-state index is 0.000390. The first-order chi connectivity index (χ1) is 44.7. The van der Waals surface area contributed by atoms with E-state index in [0.29, 0.717) is 70.9 Å². The van der Waals surface area contributed by atoms with E-state index in [1.54, 1.807) is 12.1 Å². The Kier molecular flexibility index (Phi) is 30.5. The van der Waals surface area contributed by atoms with E-state index < -0.39 is 84.0 Å². The standard InChI is InChI=1S/C65H85N13O15/c1-90-52-25-21-40(34-44(52)58(70)82)71-63(87)51(20-10-14-32-69)78-61(85)47-37-43(24-28-55(47)93-38-57(80)81)74-65(89)50(19-9-13-31-68)77-60(84)46-36-42(23-27-54(46)92-3)73-64(88)49(18-8-12-30-67)76-59(83)45-35-41(22-26-53(45)91-2)72-62(86)48(17-7-11-29-66)75-56(79)33-39-15-5-4-6-16-39/h4-6,15-16,21-28,34-37,48-51H,7-14,17-20,29-33,38,66-69H2,1-3H3,(H2,70,82)(H,71,87)(H,72,86)(H,73,88)(H,74,89)(H,75,79)(H,76,83)(H,77,84)(H,78,85)(H,80,81)/t48-,49-,50-,51-/m0/s1. The van der Waals surface area contributed by atoms with Gasteiger partial charge in [0.2, 0.25) is 29.5 Å². The van der Waals surface area contributed by atoms with Crippen LogP contribution in [0.2, 0.25) is 0 Å². The molecule has 0 unspecified atom stereocenters. The molecule has 0 aliphatic carbocycles. The lowest BCUT2D eigenvalue weighted by Gasteiger charge is -2.22. The van der Waals surface area contributed by atoms with Gasteiger partial charge in [-0.05, 0) is 182 Å². The van der Waals surface area contributed by atoms with Gasteiger partial charge >= 0.3 is 5.97 Å². The number of aliphatic carboxylic acids is 1. The molecule has 19 N–H and O–H groups in total. The van der Waals surface area contributed by atoms with Gasteiger partial charge in [-0.25, -0.2) is 4.79 Å². The summed E-state index contributed by atoms with van der Waals surface area (Å²) in [6.07, 6.45) is 4.38. The Morgan fingerprint density at radius 3 is 1.04 bits per heavy atom. The number of carboxylic acid groups (broad SMARTS) is 1. The molecule has 4 atom stereocenters. The number of nitrogens with one attached hydrogen (secondary N) is 8. The van der Waals surface area contributed by atoms with Crippen molar-refractivity contribution in [2.24, 2.45) is 28.7 Å². The third kappa shape index (κ3) is 23.5. The summed E-state index contributed by atoms with van der Waals surface area (Å²) in [7, 11) is 4.01. The third-order valence-electron chi connectivity index (χ3n) is 14.5. The highest BCUT2D eigenvalue weighted by Gasteiger charge is 2.30. The highest BCUT2D eigenvalue weighted by atomic mass is 16.5. The predicted molar refractivity (Wildman–Crippen MR) is 349 cm³/mol. The fraction of sp³-hybridized carbons (Fsp3) is 0.385. The minimum Gasteiger partial charge on any atom is -0.496 e. The molecule has 5 rings (SSSR count). The molecule has 0 radical (unpaired) electrons. The van der Waals surface area contributed by atoms with Crippen molar-refractivity contribution in [2.45, 2.75) is 108 Å². The summed E-state index contributed by atoms with van der Waals surface area (Å²) >= 11 is 0. The van der Waals surface area contributed by atoms with Crippen molar-refractivity contribution in [3.63, 3.8) is 0 Å². The van der Waals surface area contributed by atoms with Crippen LogP contribution in [0.3, 0.4) is 0 Å². The molecule has 5 aromatic carbocycles. The highest BCUT2D eigenvalue weighted by Crippen LogP contribution is 2.29. The third-order valence-corrected chi connectivity index (χ3v) is 14.5. The van der Waals surface area contributed by atoms with E-state index in [9.17, 15) is 53.1 Å². The molecule has 0 saturated carbocycles. The number of rotatable bonds is 40. The fourth-order valence-electron chi connectivity index (χ4n) is 9.65. The number of anilines is 4. The quantitative estimate of drug-likeness (QED) is 0.0249. The maximum absolute atomic E-state index is 14.4. The smallest absolute Gasteiger partial charge is 0.341 e. The number of carbonyl (C=O) groups excluding carboxylic acids is 9. The number of hydrogen-bond acceptors (Lipinski definition) is 18. The number of hydrogen-bond donors (Lipinski definition) is 14. The van der Waals surface area contributed by atoms with Gasteiger partial charge in [-0.3, -0.25) is 43.2 Å². The van der Waals surface area contributed by atoms with Crippen molar-refractivity contribution in [3.8, 4) is 23.0 Å². The van der Waals surface area contributed by atoms with Crippen molar-refractivity contribution in [1.29, 1.82) is 0 Å². The second-order valence-corrected chi connectivity index (χ2v) is 21.5. The van der Waals surface area contributed by atoms with Crippen molar-refractivity contribution in [1.82, 2.24) is 21.3 Å². The largest absolute Gasteiger partial charge is 0.496 e. The number of amides is 9. The van der Waals surface area contributed by atoms with E-state index in [1.807, 2.05) is 18.2 Å².